The van der Waals surface area contributed by atoms with Crippen LogP contribution < -0.4 is 0 Å². The van der Waals surface area contributed by atoms with E-state index in [1.165, 1.54) is 32.1 Å². The highest BCUT2D eigenvalue weighted by Gasteiger charge is 2.19. The summed E-state index contributed by atoms with van der Waals surface area (Å²) in [6.07, 6.45) is 10.6. The Balaban J connectivity index is 2.21. The van der Waals surface area contributed by atoms with Crippen LogP contribution in [0.2, 0.25) is 0 Å². The van der Waals surface area contributed by atoms with Gasteiger partial charge in [0.25, 0.3) is 0 Å². The topological polar surface area (TPSA) is 42.2 Å². The third kappa shape index (κ3) is 3.24. The molecule has 0 unspecified atom stereocenters. The monoisotopic (exact) mass is 347 g/mol. The number of rotatable bonds is 2. The van der Waals surface area contributed by atoms with E-state index < -0.39 is 5.97 Å². The second-order valence-corrected chi connectivity index (χ2v) is 6.00. The van der Waals surface area contributed by atoms with E-state index in [1.807, 2.05) is 10.8 Å². The maximum atomic E-state index is 11.2. The Labute approximate surface area is 115 Å². The van der Waals surface area contributed by atoms with Gasteiger partial charge in [-0.25, -0.2) is 4.79 Å². The number of carboxylic acids is 1. The molecule has 0 aromatic carbocycles. The molecular weight excluding hydrogens is 329 g/mol. The van der Waals surface area contributed by atoms with Crippen LogP contribution in [0.1, 0.15) is 61.5 Å². The highest BCUT2D eigenvalue weighted by molar-refractivity contribution is 14.1. The molecule has 2 rings (SSSR count). The van der Waals surface area contributed by atoms with Crippen molar-refractivity contribution in [1.29, 1.82) is 0 Å². The molecule has 1 aromatic heterocycles. The largest absolute Gasteiger partial charge is 0.477 e. The molecule has 17 heavy (non-hydrogen) atoms. The zero-order chi connectivity index (χ0) is 12.3. The van der Waals surface area contributed by atoms with Gasteiger partial charge in [-0.05, 0) is 41.5 Å². The summed E-state index contributed by atoms with van der Waals surface area (Å²) in [5.41, 5.74) is 0.444. The quantitative estimate of drug-likeness (QED) is 0.820. The van der Waals surface area contributed by atoms with Crippen molar-refractivity contribution in [3.8, 4) is 0 Å². The molecule has 0 atom stereocenters. The summed E-state index contributed by atoms with van der Waals surface area (Å²) < 4.78 is 3.00. The first-order valence-electron chi connectivity index (χ1n) is 6.29. The number of carbonyl (C=O) groups is 1. The molecule has 0 spiro atoms. The zero-order valence-corrected chi connectivity index (χ0v) is 12.0. The molecule has 3 nitrogen and oxygen atoms in total. The summed E-state index contributed by atoms with van der Waals surface area (Å²) in [6.45, 7) is 0. The average Bonchev–Trinajstić information content (AvgIpc) is 2.60. The maximum absolute atomic E-state index is 11.2. The van der Waals surface area contributed by atoms with Crippen molar-refractivity contribution < 1.29 is 9.90 Å². The SMILES string of the molecule is O=C(O)c1cc(I)cn1C1CCCCCCC1. The van der Waals surface area contributed by atoms with Crippen molar-refractivity contribution in [3.05, 3.63) is 21.5 Å². The molecule has 0 bridgehead atoms. The smallest absolute Gasteiger partial charge is 0.352 e. The first-order chi connectivity index (χ1) is 8.18. The van der Waals surface area contributed by atoms with Crippen LogP contribution in [0.5, 0.6) is 0 Å². The third-order valence-electron chi connectivity index (χ3n) is 3.50. The molecule has 94 valence electrons. The molecule has 0 amide bonds. The van der Waals surface area contributed by atoms with Crippen LogP contribution in [0.25, 0.3) is 0 Å². The lowest BCUT2D eigenvalue weighted by atomic mass is 9.96. The summed E-state index contributed by atoms with van der Waals surface area (Å²) in [4.78, 5) is 11.2. The van der Waals surface area contributed by atoms with Gasteiger partial charge in [-0.3, -0.25) is 0 Å². The maximum Gasteiger partial charge on any atom is 0.352 e. The van der Waals surface area contributed by atoms with Crippen LogP contribution in [-0.4, -0.2) is 15.6 Å². The van der Waals surface area contributed by atoms with Crippen LogP contribution in [0.3, 0.4) is 0 Å². The molecule has 1 aromatic rings. The Morgan fingerprint density at radius 3 is 2.41 bits per heavy atom. The second kappa shape index (κ2) is 5.89. The van der Waals surface area contributed by atoms with E-state index in [0.717, 1.165) is 16.4 Å². The molecule has 0 saturated heterocycles. The van der Waals surface area contributed by atoms with Crippen LogP contribution in [-0.2, 0) is 0 Å². The number of nitrogens with zero attached hydrogens (tertiary/aromatic N) is 1. The Kier molecular flexibility index (Phi) is 4.48. The van der Waals surface area contributed by atoms with Gasteiger partial charge < -0.3 is 9.67 Å². The van der Waals surface area contributed by atoms with Gasteiger partial charge in [0.2, 0.25) is 0 Å². The fourth-order valence-electron chi connectivity index (χ4n) is 2.63. The second-order valence-electron chi connectivity index (χ2n) is 4.75. The summed E-state index contributed by atoms with van der Waals surface area (Å²) in [5, 5.41) is 9.21. The van der Waals surface area contributed by atoms with Gasteiger partial charge >= 0.3 is 5.97 Å². The molecular formula is C13H18INO2. The first kappa shape index (κ1) is 12.9. The fourth-order valence-corrected chi connectivity index (χ4v) is 3.23. The predicted molar refractivity (Wildman–Crippen MR) is 75.5 cm³/mol. The van der Waals surface area contributed by atoms with Gasteiger partial charge in [0.05, 0.1) is 0 Å². The van der Waals surface area contributed by atoms with Crippen molar-refractivity contribution in [2.24, 2.45) is 0 Å². The van der Waals surface area contributed by atoms with Crippen LogP contribution in [0.15, 0.2) is 12.3 Å². The van der Waals surface area contributed by atoms with E-state index in [2.05, 4.69) is 22.6 Å². The average molecular weight is 347 g/mol. The summed E-state index contributed by atoms with van der Waals surface area (Å²) >= 11 is 2.19. The number of hydrogen-bond acceptors (Lipinski definition) is 1. The van der Waals surface area contributed by atoms with E-state index in [1.54, 1.807) is 6.07 Å². The van der Waals surface area contributed by atoms with Crippen molar-refractivity contribution in [2.75, 3.05) is 0 Å². The molecule has 1 N–H and O–H groups in total. The van der Waals surface area contributed by atoms with Crippen molar-refractivity contribution in [3.63, 3.8) is 0 Å². The van der Waals surface area contributed by atoms with Gasteiger partial charge in [-0.15, -0.1) is 0 Å². The Morgan fingerprint density at radius 2 is 1.82 bits per heavy atom. The molecule has 1 heterocycles. The van der Waals surface area contributed by atoms with Crippen LogP contribution in [0, 0.1) is 3.57 Å². The number of hydrogen-bond donors (Lipinski definition) is 1. The summed E-state index contributed by atoms with van der Waals surface area (Å²) in [7, 11) is 0. The Morgan fingerprint density at radius 1 is 1.24 bits per heavy atom. The minimum Gasteiger partial charge on any atom is -0.477 e. The lowest BCUT2D eigenvalue weighted by Crippen LogP contribution is -2.15. The Bertz CT molecular complexity index is 392. The van der Waals surface area contributed by atoms with Gasteiger partial charge in [-0.2, -0.15) is 0 Å². The van der Waals surface area contributed by atoms with Gasteiger partial charge in [0.1, 0.15) is 5.69 Å². The molecule has 1 fully saturated rings. The van der Waals surface area contributed by atoms with E-state index in [4.69, 9.17) is 0 Å². The number of aromatic nitrogens is 1. The van der Waals surface area contributed by atoms with Gasteiger partial charge in [-0.1, -0.05) is 32.1 Å². The van der Waals surface area contributed by atoms with Gasteiger partial charge in [0, 0.05) is 15.8 Å². The minimum absolute atomic E-state index is 0.380. The normalized spacial score (nSPS) is 18.6. The standard InChI is InChI=1S/C13H18INO2/c14-10-8-12(13(16)17)15(9-10)11-6-4-2-1-3-5-7-11/h8-9,11H,1-7H2,(H,16,17). The van der Waals surface area contributed by atoms with E-state index in [-0.39, 0.29) is 0 Å². The highest BCUT2D eigenvalue weighted by atomic mass is 127. The van der Waals surface area contributed by atoms with E-state index in [0.29, 0.717) is 11.7 Å². The van der Waals surface area contributed by atoms with Crippen molar-refractivity contribution >= 4 is 28.6 Å². The van der Waals surface area contributed by atoms with E-state index in [9.17, 15) is 9.90 Å². The van der Waals surface area contributed by atoms with Crippen molar-refractivity contribution in [2.45, 2.75) is 51.0 Å². The number of carboxylic acid groups (broad SMARTS) is 1. The molecule has 1 aliphatic rings. The van der Waals surface area contributed by atoms with E-state index >= 15 is 0 Å². The highest BCUT2D eigenvalue weighted by Crippen LogP contribution is 2.29. The molecule has 0 radical (unpaired) electrons. The molecule has 0 aliphatic heterocycles. The summed E-state index contributed by atoms with van der Waals surface area (Å²) in [5.74, 6) is -0.810. The molecule has 1 aliphatic carbocycles. The van der Waals surface area contributed by atoms with Crippen molar-refractivity contribution in [1.82, 2.24) is 4.57 Å². The fraction of sp³-hybridized carbons (Fsp3) is 0.615. The predicted octanol–water partition coefficient (Wildman–Crippen LogP) is 4.08. The lowest BCUT2D eigenvalue weighted by Gasteiger charge is -2.22. The number of aromatic carboxylic acids is 1. The number of halogens is 1. The zero-order valence-electron chi connectivity index (χ0n) is 9.86. The van der Waals surface area contributed by atoms with Crippen LogP contribution >= 0.6 is 22.6 Å². The lowest BCUT2D eigenvalue weighted by molar-refractivity contribution is 0.0681. The minimum atomic E-state index is -0.810. The van der Waals surface area contributed by atoms with Crippen LogP contribution in [0.4, 0.5) is 0 Å². The third-order valence-corrected chi connectivity index (χ3v) is 4.09. The molecule has 1 saturated carbocycles. The Hall–Kier alpha value is -0.520. The first-order valence-corrected chi connectivity index (χ1v) is 7.37. The summed E-state index contributed by atoms with van der Waals surface area (Å²) in [6, 6.07) is 2.15. The van der Waals surface area contributed by atoms with Gasteiger partial charge in [0.15, 0.2) is 0 Å². The molecule has 4 heteroatoms.